The zero-order chi connectivity index (χ0) is 15.4. The number of nitrogen functional groups attached to an aromatic ring is 1. The molecule has 0 saturated heterocycles. The second kappa shape index (κ2) is 6.83. The molecule has 2 unspecified atom stereocenters. The number of rotatable bonds is 4. The molecule has 0 spiro atoms. The van der Waals surface area contributed by atoms with Crippen molar-refractivity contribution in [2.45, 2.75) is 45.6 Å². The molecule has 2 N–H and O–H groups in total. The summed E-state index contributed by atoms with van der Waals surface area (Å²) in [6.07, 6.45) is 4.71. The van der Waals surface area contributed by atoms with E-state index in [0.29, 0.717) is 35.6 Å². The maximum Gasteiger partial charge on any atom is 0.259 e. The first-order valence-electron chi connectivity index (χ1n) is 7.84. The van der Waals surface area contributed by atoms with Crippen LogP contribution in [-0.2, 0) is 0 Å². The molecule has 4 nitrogen and oxygen atoms in total. The van der Waals surface area contributed by atoms with Crippen LogP contribution in [0.25, 0.3) is 0 Å². The van der Waals surface area contributed by atoms with E-state index in [4.69, 9.17) is 10.5 Å². The van der Waals surface area contributed by atoms with Gasteiger partial charge in [0, 0.05) is 18.8 Å². The van der Waals surface area contributed by atoms with Crippen molar-refractivity contribution in [1.29, 1.82) is 0 Å². The highest BCUT2D eigenvalue weighted by atomic mass is 16.5. The molecule has 1 aromatic rings. The number of hydrogen-bond donors (Lipinski definition) is 1. The minimum Gasteiger partial charge on any atom is -0.493 e. The van der Waals surface area contributed by atoms with Crippen LogP contribution in [0.4, 0.5) is 5.69 Å². The van der Waals surface area contributed by atoms with Crippen molar-refractivity contribution in [3.05, 3.63) is 23.8 Å². The highest BCUT2D eigenvalue weighted by Gasteiger charge is 2.30. The predicted octanol–water partition coefficient (Wildman–Crippen LogP) is 3.32. The molecule has 0 aliphatic heterocycles. The summed E-state index contributed by atoms with van der Waals surface area (Å²) in [5.41, 5.74) is 7.01. The molecule has 116 valence electrons. The average Bonchev–Trinajstić information content (AvgIpc) is 2.47. The lowest BCUT2D eigenvalue weighted by Crippen LogP contribution is -2.43. The lowest BCUT2D eigenvalue weighted by Gasteiger charge is -2.36. The molecule has 0 aromatic heterocycles. The smallest absolute Gasteiger partial charge is 0.259 e. The Balaban J connectivity index is 2.26. The summed E-state index contributed by atoms with van der Waals surface area (Å²) in [6, 6.07) is 5.68. The van der Waals surface area contributed by atoms with Crippen LogP contribution in [-0.4, -0.2) is 30.5 Å². The van der Waals surface area contributed by atoms with E-state index in [-0.39, 0.29) is 5.91 Å². The number of hydrogen-bond acceptors (Lipinski definition) is 3. The monoisotopic (exact) mass is 290 g/mol. The fourth-order valence-corrected chi connectivity index (χ4v) is 3.25. The molecule has 0 bridgehead atoms. The van der Waals surface area contributed by atoms with E-state index in [1.54, 1.807) is 6.07 Å². The van der Waals surface area contributed by atoms with Crippen LogP contribution in [0.2, 0.25) is 0 Å². The Morgan fingerprint density at radius 1 is 1.38 bits per heavy atom. The molecule has 1 aliphatic rings. The largest absolute Gasteiger partial charge is 0.493 e. The highest BCUT2D eigenvalue weighted by molar-refractivity contribution is 6.01. The maximum absolute atomic E-state index is 12.9. The Labute approximate surface area is 127 Å². The van der Waals surface area contributed by atoms with Crippen molar-refractivity contribution in [2.75, 3.05) is 19.4 Å². The normalized spacial score (nSPS) is 21.9. The van der Waals surface area contributed by atoms with Crippen molar-refractivity contribution >= 4 is 11.6 Å². The van der Waals surface area contributed by atoms with Crippen LogP contribution in [0, 0.1) is 5.92 Å². The zero-order valence-electron chi connectivity index (χ0n) is 13.3. The number of carbonyl (C=O) groups excluding carboxylic acids is 1. The molecule has 4 heteroatoms. The Morgan fingerprint density at radius 3 is 2.76 bits per heavy atom. The van der Waals surface area contributed by atoms with Gasteiger partial charge in [0.15, 0.2) is 0 Å². The van der Waals surface area contributed by atoms with Gasteiger partial charge in [-0.15, -0.1) is 0 Å². The summed E-state index contributed by atoms with van der Waals surface area (Å²) >= 11 is 0. The minimum absolute atomic E-state index is 0.0321. The van der Waals surface area contributed by atoms with Crippen LogP contribution in [0.3, 0.4) is 0 Å². The summed E-state index contributed by atoms with van der Waals surface area (Å²) in [4.78, 5) is 14.7. The minimum atomic E-state index is -0.0321. The lowest BCUT2D eigenvalue weighted by molar-refractivity contribution is 0.0626. The Kier molecular flexibility index (Phi) is 5.10. The fraction of sp³-hybridized carbons (Fsp3) is 0.588. The molecule has 1 aliphatic carbocycles. The van der Waals surface area contributed by atoms with E-state index in [9.17, 15) is 4.79 Å². The first-order chi connectivity index (χ1) is 10.1. The van der Waals surface area contributed by atoms with E-state index in [1.807, 2.05) is 31.0 Å². The van der Waals surface area contributed by atoms with E-state index in [0.717, 1.165) is 6.42 Å². The van der Waals surface area contributed by atoms with Gasteiger partial charge >= 0.3 is 0 Å². The van der Waals surface area contributed by atoms with Crippen LogP contribution in [0.5, 0.6) is 5.75 Å². The summed E-state index contributed by atoms with van der Waals surface area (Å²) in [5.74, 6) is 1.08. The van der Waals surface area contributed by atoms with Crippen molar-refractivity contribution in [1.82, 2.24) is 4.90 Å². The SMILES string of the molecule is CCOc1cccc(N)c1C(=O)N(C)C1CCCCC1C. The molecular formula is C17H26N2O2. The van der Waals surface area contributed by atoms with Gasteiger partial charge in [0.05, 0.1) is 6.61 Å². The van der Waals surface area contributed by atoms with Crippen molar-refractivity contribution in [3.8, 4) is 5.75 Å². The molecule has 0 radical (unpaired) electrons. The molecule has 1 aromatic carbocycles. The van der Waals surface area contributed by atoms with Gasteiger partial charge in [-0.25, -0.2) is 0 Å². The van der Waals surface area contributed by atoms with Crippen molar-refractivity contribution in [2.24, 2.45) is 5.92 Å². The van der Waals surface area contributed by atoms with Gasteiger partial charge in [-0.05, 0) is 37.8 Å². The van der Waals surface area contributed by atoms with Crippen LogP contribution in [0.15, 0.2) is 18.2 Å². The second-order valence-corrected chi connectivity index (χ2v) is 5.90. The maximum atomic E-state index is 12.9. The zero-order valence-corrected chi connectivity index (χ0v) is 13.3. The predicted molar refractivity (Wildman–Crippen MR) is 85.5 cm³/mol. The van der Waals surface area contributed by atoms with Crippen LogP contribution in [0.1, 0.15) is 49.9 Å². The number of ether oxygens (including phenoxy) is 1. The Morgan fingerprint density at radius 2 is 2.10 bits per heavy atom. The van der Waals surface area contributed by atoms with Gasteiger partial charge < -0.3 is 15.4 Å². The average molecular weight is 290 g/mol. The first kappa shape index (κ1) is 15.7. The van der Waals surface area contributed by atoms with Gasteiger partial charge in [0.25, 0.3) is 5.91 Å². The third-order valence-electron chi connectivity index (χ3n) is 4.46. The van der Waals surface area contributed by atoms with E-state index in [1.165, 1.54) is 19.3 Å². The number of nitrogens with zero attached hydrogens (tertiary/aromatic N) is 1. The van der Waals surface area contributed by atoms with Gasteiger partial charge in [0.2, 0.25) is 0 Å². The van der Waals surface area contributed by atoms with Crippen LogP contribution < -0.4 is 10.5 Å². The standard InChI is InChI=1S/C17H26N2O2/c1-4-21-15-11-7-9-13(18)16(15)17(20)19(3)14-10-6-5-8-12(14)2/h7,9,11-12,14H,4-6,8,10,18H2,1-3H3. The topological polar surface area (TPSA) is 55.6 Å². The highest BCUT2D eigenvalue weighted by Crippen LogP contribution is 2.31. The first-order valence-corrected chi connectivity index (χ1v) is 7.84. The molecule has 2 rings (SSSR count). The fourth-order valence-electron chi connectivity index (χ4n) is 3.25. The van der Waals surface area contributed by atoms with E-state index >= 15 is 0 Å². The molecular weight excluding hydrogens is 264 g/mol. The number of anilines is 1. The molecule has 0 heterocycles. The third kappa shape index (κ3) is 3.31. The Hall–Kier alpha value is -1.71. The van der Waals surface area contributed by atoms with Crippen molar-refractivity contribution in [3.63, 3.8) is 0 Å². The lowest BCUT2D eigenvalue weighted by atomic mass is 9.85. The number of carbonyl (C=O) groups is 1. The number of amides is 1. The van der Waals surface area contributed by atoms with Gasteiger partial charge in [-0.2, -0.15) is 0 Å². The quantitative estimate of drug-likeness (QED) is 0.865. The second-order valence-electron chi connectivity index (χ2n) is 5.90. The van der Waals surface area contributed by atoms with E-state index in [2.05, 4.69) is 6.92 Å². The molecule has 1 fully saturated rings. The summed E-state index contributed by atoms with van der Waals surface area (Å²) in [5, 5.41) is 0. The van der Waals surface area contributed by atoms with Gasteiger partial charge in [-0.3, -0.25) is 4.79 Å². The molecule has 1 saturated carbocycles. The molecule has 1 amide bonds. The molecule has 2 atom stereocenters. The summed E-state index contributed by atoms with van der Waals surface area (Å²) in [6.45, 7) is 4.66. The molecule has 21 heavy (non-hydrogen) atoms. The van der Waals surface area contributed by atoms with Gasteiger partial charge in [0.1, 0.15) is 11.3 Å². The van der Waals surface area contributed by atoms with Gasteiger partial charge in [-0.1, -0.05) is 25.8 Å². The van der Waals surface area contributed by atoms with Crippen molar-refractivity contribution < 1.29 is 9.53 Å². The number of nitrogens with two attached hydrogens (primary N) is 1. The van der Waals surface area contributed by atoms with Crippen LogP contribution >= 0.6 is 0 Å². The summed E-state index contributed by atoms with van der Waals surface area (Å²) in [7, 11) is 1.89. The van der Waals surface area contributed by atoms with E-state index < -0.39 is 0 Å². The summed E-state index contributed by atoms with van der Waals surface area (Å²) < 4.78 is 5.58. The Bertz CT molecular complexity index is 502. The third-order valence-corrected chi connectivity index (χ3v) is 4.46. The number of benzene rings is 1.